The van der Waals surface area contributed by atoms with Crippen molar-refractivity contribution in [1.82, 2.24) is 0 Å². The van der Waals surface area contributed by atoms with Crippen molar-refractivity contribution in [2.75, 3.05) is 0 Å². The molecule has 1 heterocycles. The molecule has 2 unspecified atom stereocenters. The zero-order chi connectivity index (χ0) is 7.19. The van der Waals surface area contributed by atoms with Crippen molar-refractivity contribution >= 4 is 0 Å². The van der Waals surface area contributed by atoms with Crippen LogP contribution in [0.4, 0.5) is 0 Å². The molecule has 2 N–H and O–H groups in total. The molecule has 1 aliphatic carbocycles. The van der Waals surface area contributed by atoms with E-state index in [9.17, 15) is 0 Å². The monoisotopic (exact) mass is 137 g/mol. The fourth-order valence-electron chi connectivity index (χ4n) is 1.32. The normalized spacial score (nSPS) is 38.0. The van der Waals surface area contributed by atoms with Gasteiger partial charge >= 0.3 is 0 Å². The molecule has 0 radical (unpaired) electrons. The van der Waals surface area contributed by atoms with E-state index in [0.29, 0.717) is 6.04 Å². The Kier molecular flexibility index (Phi) is 0.980. The average Bonchev–Trinajstić information content (AvgIpc) is 2.35. The third kappa shape index (κ3) is 0.625. The van der Waals surface area contributed by atoms with Gasteiger partial charge in [0.1, 0.15) is 0 Å². The van der Waals surface area contributed by atoms with Gasteiger partial charge in [0.2, 0.25) is 0 Å². The van der Waals surface area contributed by atoms with Gasteiger partial charge in [-0.1, -0.05) is 6.92 Å². The molecule has 0 bridgehead atoms. The van der Waals surface area contributed by atoms with Crippen LogP contribution in [-0.2, 0) is 5.41 Å². The second-order valence-electron chi connectivity index (χ2n) is 3.24. The minimum Gasteiger partial charge on any atom is -0.472 e. The Bertz CT molecular complexity index is 229. The van der Waals surface area contributed by atoms with Gasteiger partial charge in [0, 0.05) is 11.5 Å². The minimum atomic E-state index is 0.215. The molecule has 2 atom stereocenters. The van der Waals surface area contributed by atoms with Crippen LogP contribution in [0.25, 0.3) is 0 Å². The van der Waals surface area contributed by atoms with Gasteiger partial charge in [-0.05, 0) is 18.1 Å². The summed E-state index contributed by atoms with van der Waals surface area (Å²) >= 11 is 0. The van der Waals surface area contributed by atoms with Crippen molar-refractivity contribution < 1.29 is 4.42 Å². The molecule has 10 heavy (non-hydrogen) atoms. The first-order valence-electron chi connectivity index (χ1n) is 3.52. The summed E-state index contributed by atoms with van der Waals surface area (Å²) in [6.07, 6.45) is 4.57. The summed E-state index contributed by atoms with van der Waals surface area (Å²) in [5, 5.41) is 0. The van der Waals surface area contributed by atoms with Gasteiger partial charge in [-0.2, -0.15) is 0 Å². The van der Waals surface area contributed by atoms with E-state index in [2.05, 4.69) is 6.92 Å². The number of rotatable bonds is 1. The first-order chi connectivity index (χ1) is 4.73. The van der Waals surface area contributed by atoms with Crippen molar-refractivity contribution in [3.63, 3.8) is 0 Å². The maximum absolute atomic E-state index is 5.75. The standard InChI is InChI=1S/C8H11NO/c1-8(4-7(8)9)6-2-3-10-5-6/h2-3,5,7H,4,9H2,1H3. The van der Waals surface area contributed by atoms with Crippen LogP contribution in [0, 0.1) is 0 Å². The lowest BCUT2D eigenvalue weighted by atomic mass is 10.0. The van der Waals surface area contributed by atoms with E-state index in [4.69, 9.17) is 10.2 Å². The second-order valence-corrected chi connectivity index (χ2v) is 3.24. The molecular weight excluding hydrogens is 126 g/mol. The lowest BCUT2D eigenvalue weighted by Crippen LogP contribution is -2.13. The van der Waals surface area contributed by atoms with Gasteiger partial charge in [0.05, 0.1) is 12.5 Å². The molecule has 1 aromatic rings. The fourth-order valence-corrected chi connectivity index (χ4v) is 1.32. The maximum atomic E-state index is 5.75. The van der Waals surface area contributed by atoms with Crippen LogP contribution in [0.1, 0.15) is 18.9 Å². The highest BCUT2D eigenvalue weighted by Crippen LogP contribution is 2.46. The summed E-state index contributed by atoms with van der Waals surface area (Å²) in [4.78, 5) is 0. The Labute approximate surface area is 60.0 Å². The Morgan fingerprint density at radius 2 is 2.50 bits per heavy atom. The van der Waals surface area contributed by atoms with Crippen LogP contribution in [0.2, 0.25) is 0 Å². The molecule has 0 aliphatic heterocycles. The number of hydrogen-bond donors (Lipinski definition) is 1. The number of furan rings is 1. The molecular formula is C8H11NO. The minimum absolute atomic E-state index is 0.215. The molecule has 2 nitrogen and oxygen atoms in total. The van der Waals surface area contributed by atoms with Gasteiger partial charge in [-0.25, -0.2) is 0 Å². The van der Waals surface area contributed by atoms with Crippen LogP contribution in [-0.4, -0.2) is 6.04 Å². The largest absolute Gasteiger partial charge is 0.472 e. The summed E-state index contributed by atoms with van der Waals surface area (Å²) in [7, 11) is 0. The van der Waals surface area contributed by atoms with Crippen LogP contribution >= 0.6 is 0 Å². The second kappa shape index (κ2) is 1.64. The first-order valence-corrected chi connectivity index (χ1v) is 3.52. The van der Waals surface area contributed by atoms with Crippen molar-refractivity contribution in [3.8, 4) is 0 Å². The quantitative estimate of drug-likeness (QED) is 0.633. The van der Waals surface area contributed by atoms with E-state index in [1.54, 1.807) is 12.5 Å². The molecule has 1 aliphatic rings. The third-order valence-corrected chi connectivity index (χ3v) is 2.48. The Morgan fingerprint density at radius 1 is 1.80 bits per heavy atom. The molecule has 0 amide bonds. The van der Waals surface area contributed by atoms with Crippen LogP contribution in [0.5, 0.6) is 0 Å². The lowest BCUT2D eigenvalue weighted by molar-refractivity contribution is 0.558. The van der Waals surface area contributed by atoms with Gasteiger partial charge < -0.3 is 10.2 Å². The molecule has 1 saturated carbocycles. The summed E-state index contributed by atoms with van der Waals surface area (Å²) in [6, 6.07) is 2.33. The average molecular weight is 137 g/mol. The van der Waals surface area contributed by atoms with Crippen LogP contribution in [0.15, 0.2) is 23.0 Å². The predicted molar refractivity (Wildman–Crippen MR) is 38.7 cm³/mol. The Hall–Kier alpha value is -0.760. The highest BCUT2D eigenvalue weighted by molar-refractivity contribution is 5.31. The highest BCUT2D eigenvalue weighted by Gasteiger charge is 2.49. The molecule has 2 rings (SSSR count). The molecule has 0 saturated heterocycles. The van der Waals surface area contributed by atoms with Crippen LogP contribution in [0.3, 0.4) is 0 Å². The molecule has 0 spiro atoms. The number of nitrogens with two attached hydrogens (primary N) is 1. The highest BCUT2D eigenvalue weighted by atomic mass is 16.3. The van der Waals surface area contributed by atoms with Gasteiger partial charge in [0.25, 0.3) is 0 Å². The summed E-state index contributed by atoms with van der Waals surface area (Å²) in [6.45, 7) is 2.17. The van der Waals surface area contributed by atoms with E-state index in [0.717, 1.165) is 6.42 Å². The van der Waals surface area contributed by atoms with Gasteiger partial charge in [-0.15, -0.1) is 0 Å². The topological polar surface area (TPSA) is 39.2 Å². The summed E-state index contributed by atoms with van der Waals surface area (Å²) in [5.41, 5.74) is 7.20. The van der Waals surface area contributed by atoms with Gasteiger partial charge in [0.15, 0.2) is 0 Å². The molecule has 0 aromatic carbocycles. The summed E-state index contributed by atoms with van der Waals surface area (Å²) in [5.74, 6) is 0. The SMILES string of the molecule is CC1(c2ccoc2)CC1N. The lowest BCUT2D eigenvalue weighted by Gasteiger charge is -2.03. The van der Waals surface area contributed by atoms with Crippen molar-refractivity contribution in [3.05, 3.63) is 24.2 Å². The molecule has 1 fully saturated rings. The Balaban J connectivity index is 2.30. The zero-order valence-corrected chi connectivity index (χ0v) is 6.00. The zero-order valence-electron chi connectivity index (χ0n) is 6.00. The fraction of sp³-hybridized carbons (Fsp3) is 0.500. The number of hydrogen-bond acceptors (Lipinski definition) is 2. The smallest absolute Gasteiger partial charge is 0.0940 e. The van der Waals surface area contributed by atoms with E-state index in [1.807, 2.05) is 6.07 Å². The van der Waals surface area contributed by atoms with E-state index >= 15 is 0 Å². The molecule has 2 heteroatoms. The van der Waals surface area contributed by atoms with E-state index in [-0.39, 0.29) is 5.41 Å². The van der Waals surface area contributed by atoms with E-state index < -0.39 is 0 Å². The maximum Gasteiger partial charge on any atom is 0.0940 e. The van der Waals surface area contributed by atoms with Crippen molar-refractivity contribution in [2.45, 2.75) is 24.8 Å². The van der Waals surface area contributed by atoms with Crippen molar-refractivity contribution in [2.24, 2.45) is 5.73 Å². The third-order valence-electron chi connectivity index (χ3n) is 2.48. The molecule has 54 valence electrons. The predicted octanol–water partition coefficient (Wildman–Crippen LogP) is 1.27. The van der Waals surface area contributed by atoms with Crippen molar-refractivity contribution in [1.29, 1.82) is 0 Å². The molecule has 1 aromatic heterocycles. The van der Waals surface area contributed by atoms with E-state index in [1.165, 1.54) is 5.56 Å². The summed E-state index contributed by atoms with van der Waals surface area (Å²) < 4.78 is 4.97. The Morgan fingerprint density at radius 3 is 2.90 bits per heavy atom. The van der Waals surface area contributed by atoms with Gasteiger partial charge in [-0.3, -0.25) is 0 Å². The first kappa shape index (κ1) is 5.98. The van der Waals surface area contributed by atoms with Crippen LogP contribution < -0.4 is 5.73 Å².